The summed E-state index contributed by atoms with van der Waals surface area (Å²) in [5.41, 5.74) is -6.43. The van der Waals surface area contributed by atoms with Gasteiger partial charge < -0.3 is 54.9 Å². The van der Waals surface area contributed by atoms with Crippen LogP contribution in [0.2, 0.25) is 0 Å². The summed E-state index contributed by atoms with van der Waals surface area (Å²) in [6, 6.07) is 0. The molecule has 0 amide bonds. The maximum absolute atomic E-state index is 12.1. The molecule has 0 aromatic carbocycles. The van der Waals surface area contributed by atoms with E-state index in [9.17, 15) is 48.6 Å². The predicted molar refractivity (Wildman–Crippen MR) is 103 cm³/mol. The first-order valence-corrected chi connectivity index (χ1v) is 8.24. The van der Waals surface area contributed by atoms with Crippen molar-refractivity contribution in [2.45, 2.75) is 43.8 Å². The Hall–Kier alpha value is -2.16. The van der Waals surface area contributed by atoms with Crippen LogP contribution in [-0.4, -0.2) is 91.1 Å². The monoisotopic (exact) mass is 548 g/mol. The molecule has 0 aliphatic heterocycles. The van der Waals surface area contributed by atoms with Gasteiger partial charge in [0.2, 0.25) is 5.60 Å². The molecule has 0 fully saturated rings. The van der Waals surface area contributed by atoms with E-state index in [0.29, 0.717) is 0 Å². The Kier molecular flexibility index (Phi) is 23.2. The normalized spacial score (nSPS) is 12.5. The molecule has 20 heteroatoms. The number of carboxylic acid groups (broad SMARTS) is 4. The van der Waals surface area contributed by atoms with Crippen LogP contribution in [0.15, 0.2) is 0 Å². The molecule has 0 aliphatic rings. The summed E-state index contributed by atoms with van der Waals surface area (Å²) in [6.07, 6.45) is -6.18. The van der Waals surface area contributed by atoms with Crippen molar-refractivity contribution >= 4 is 47.8 Å². The average molecular weight is 548 g/mol. The molecular formula is C16H26N2Na2O16. The molecule has 0 heterocycles. The van der Waals surface area contributed by atoms with Crippen molar-refractivity contribution in [1.82, 2.24) is 12.3 Å². The molecule has 0 radical (unpaired) electrons. The molecule has 0 aliphatic carbocycles. The Balaban J connectivity index is -0.000000320. The maximum Gasteiger partial charge on any atom is 1.00 e. The van der Waals surface area contributed by atoms with Gasteiger partial charge in [-0.25, -0.2) is 14.4 Å². The van der Waals surface area contributed by atoms with Crippen molar-refractivity contribution in [1.29, 1.82) is 0 Å². The smallest absolute Gasteiger partial charge is 1.00 e. The van der Waals surface area contributed by atoms with Crippen molar-refractivity contribution in [2.75, 3.05) is 6.61 Å². The second kappa shape index (κ2) is 19.0. The Morgan fingerprint density at radius 1 is 0.694 bits per heavy atom. The van der Waals surface area contributed by atoms with E-state index >= 15 is 0 Å². The van der Waals surface area contributed by atoms with Crippen LogP contribution in [0.1, 0.15) is 35.5 Å². The average Bonchev–Trinajstić information content (AvgIpc) is 2.57. The molecule has 0 aromatic heterocycles. The van der Waals surface area contributed by atoms with Gasteiger partial charge >= 0.3 is 107 Å². The molecule has 0 rings (SSSR count). The number of ether oxygens (including phenoxy) is 3. The van der Waals surface area contributed by atoms with Gasteiger partial charge in [0, 0.05) is 6.92 Å². The molecule has 36 heavy (non-hydrogen) atoms. The maximum atomic E-state index is 12.1. The molecular weight excluding hydrogens is 522 g/mol. The van der Waals surface area contributed by atoms with Gasteiger partial charge in [-0.3, -0.25) is 24.0 Å². The van der Waals surface area contributed by atoms with Gasteiger partial charge in [0.1, 0.15) is 0 Å². The quantitative estimate of drug-likeness (QED) is 0.0486. The molecule has 0 aromatic rings. The van der Waals surface area contributed by atoms with Crippen LogP contribution in [0.3, 0.4) is 0 Å². The number of carboxylic acids is 4. The fourth-order valence-electron chi connectivity index (χ4n) is 2.14. The summed E-state index contributed by atoms with van der Waals surface area (Å²) >= 11 is 0. The predicted octanol–water partition coefficient (Wildman–Crippen LogP) is -7.91. The van der Waals surface area contributed by atoms with Gasteiger partial charge in [-0.05, 0) is 0 Å². The van der Waals surface area contributed by atoms with E-state index in [1.807, 2.05) is 0 Å². The van der Waals surface area contributed by atoms with E-state index in [1.54, 1.807) is 0 Å². The molecule has 0 spiro atoms. The fourth-order valence-corrected chi connectivity index (χ4v) is 2.14. The summed E-state index contributed by atoms with van der Waals surface area (Å²) in [6.45, 7) is -0.337. The third kappa shape index (κ3) is 15.8. The zero-order valence-corrected chi connectivity index (χ0v) is 23.7. The van der Waals surface area contributed by atoms with Crippen LogP contribution in [0.25, 0.3) is 0 Å². The van der Waals surface area contributed by atoms with E-state index in [4.69, 9.17) is 15.3 Å². The minimum Gasteiger partial charge on any atom is -1.00 e. The van der Waals surface area contributed by atoms with Crippen molar-refractivity contribution in [3.05, 3.63) is 0 Å². The third-order valence-corrected chi connectivity index (χ3v) is 3.45. The second-order valence-electron chi connectivity index (χ2n) is 6.23. The first-order valence-electron chi connectivity index (χ1n) is 8.24. The van der Waals surface area contributed by atoms with E-state index in [0.717, 1.165) is 6.92 Å². The van der Waals surface area contributed by atoms with Crippen LogP contribution in [0.4, 0.5) is 0 Å². The molecule has 18 nitrogen and oxygen atoms in total. The summed E-state index contributed by atoms with van der Waals surface area (Å²) in [4.78, 5) is 90.2. The van der Waals surface area contributed by atoms with Crippen molar-refractivity contribution < 1.29 is 140 Å². The SMILES string of the molecule is CC(=O)OC(=O)COC(=O)CC(CC(=O)O)(OC(=O)CC(O)(CC(=O)O)C(=O)O)C(=O)O.N.N.[H-].[H-].[Na+].[Na+]. The minimum absolute atomic E-state index is 0. The Morgan fingerprint density at radius 3 is 1.53 bits per heavy atom. The minimum atomic E-state index is -3.24. The third-order valence-electron chi connectivity index (χ3n) is 3.45. The summed E-state index contributed by atoms with van der Waals surface area (Å²) in [5.74, 6) is -14.0. The number of esters is 4. The Bertz CT molecular complexity index is 861. The van der Waals surface area contributed by atoms with Gasteiger partial charge in [0.15, 0.2) is 12.2 Å². The Labute approximate surface area is 249 Å². The molecule has 0 bridgehead atoms. The molecule has 11 N–H and O–H groups in total. The zero-order valence-electron chi connectivity index (χ0n) is 21.7. The van der Waals surface area contributed by atoms with E-state index in [-0.39, 0.29) is 74.3 Å². The van der Waals surface area contributed by atoms with Gasteiger partial charge in [-0.15, -0.1) is 0 Å². The topological polar surface area (TPSA) is 335 Å². The van der Waals surface area contributed by atoms with Crippen LogP contribution in [0, 0.1) is 0 Å². The van der Waals surface area contributed by atoms with Crippen LogP contribution in [0.5, 0.6) is 0 Å². The summed E-state index contributed by atoms with van der Waals surface area (Å²) in [5, 5.41) is 45.7. The molecule has 198 valence electrons. The van der Waals surface area contributed by atoms with E-state index in [1.165, 1.54) is 0 Å². The Morgan fingerprint density at radius 2 is 1.17 bits per heavy atom. The van der Waals surface area contributed by atoms with Gasteiger partial charge in [-0.2, -0.15) is 0 Å². The van der Waals surface area contributed by atoms with E-state index in [2.05, 4.69) is 14.2 Å². The second-order valence-corrected chi connectivity index (χ2v) is 6.23. The van der Waals surface area contributed by atoms with Crippen LogP contribution < -0.4 is 71.4 Å². The largest absolute Gasteiger partial charge is 1.00 e. The van der Waals surface area contributed by atoms with Gasteiger partial charge in [0.05, 0.1) is 25.7 Å². The van der Waals surface area contributed by atoms with Crippen molar-refractivity contribution in [3.63, 3.8) is 0 Å². The number of aliphatic hydroxyl groups is 1. The molecule has 0 saturated heterocycles. The van der Waals surface area contributed by atoms with E-state index < -0.39 is 91.2 Å². The van der Waals surface area contributed by atoms with Gasteiger partial charge in [-0.1, -0.05) is 0 Å². The summed E-state index contributed by atoms with van der Waals surface area (Å²) in [7, 11) is 0. The number of hydrogen-bond acceptors (Lipinski definition) is 14. The first kappa shape index (κ1) is 43.9. The molecule has 2 unspecified atom stereocenters. The number of carbonyl (C=O) groups excluding carboxylic acids is 4. The van der Waals surface area contributed by atoms with Crippen molar-refractivity contribution in [3.8, 4) is 0 Å². The van der Waals surface area contributed by atoms with Crippen molar-refractivity contribution in [2.24, 2.45) is 0 Å². The number of aliphatic carboxylic acids is 4. The zero-order chi connectivity index (χ0) is 25.3. The van der Waals surface area contributed by atoms with Crippen LogP contribution in [-0.2, 0) is 52.6 Å². The van der Waals surface area contributed by atoms with Gasteiger partial charge in [0.25, 0.3) is 0 Å². The fraction of sp³-hybridized carbons (Fsp3) is 0.500. The molecule has 0 saturated carbocycles. The summed E-state index contributed by atoms with van der Waals surface area (Å²) < 4.78 is 12.8. The standard InChI is InChI=1S/C16H18O16.2H3N.2Na.2H/c1-7(17)31-12(24)6-30-10(22)5-16(14(27)28,3-9(20)21)32-11(23)4-15(29,13(25)26)2-8(18)19;;;;;;/h29H,2-6H2,1H3,(H,18,19)(H,20,21)(H,25,26)(H,27,28);2*1H3;;;;/q;;;2*+1;2*-1. The molecule has 2 atom stereocenters. The number of rotatable bonds is 13. The first-order chi connectivity index (χ1) is 14.5. The van der Waals surface area contributed by atoms with Crippen LogP contribution >= 0.6 is 0 Å². The number of hydrogen-bond donors (Lipinski definition) is 7. The number of carbonyl (C=O) groups is 8.